The van der Waals surface area contributed by atoms with Crippen molar-refractivity contribution >= 4 is 18.0 Å². The number of allylic oxidation sites excluding steroid dienone is 3. The molecular weight excluding hydrogens is 139 g/mol. The van der Waals surface area contributed by atoms with Gasteiger partial charge in [0, 0.05) is 6.08 Å². The monoisotopic (exact) mass is 146 g/mol. The predicted molar refractivity (Wildman–Crippen MR) is 37.9 cm³/mol. The number of thioether (sulfide) groups is 1. The Balaban J connectivity index is 3.74. The van der Waals surface area contributed by atoms with Gasteiger partial charge in [0.1, 0.15) is 12.1 Å². The molecule has 0 saturated heterocycles. The van der Waals surface area contributed by atoms with E-state index in [0.29, 0.717) is 6.29 Å². The summed E-state index contributed by atoms with van der Waals surface area (Å²) in [6, 6.07) is 0. The normalized spacial score (nSPS) is 12.4. The molecule has 0 heterocycles. The quantitative estimate of drug-likeness (QED) is 0.344. The molecule has 0 spiro atoms. The van der Waals surface area contributed by atoms with E-state index in [1.54, 1.807) is 5.41 Å². The smallest absolute Gasteiger partial charge is 0.145 e. The third-order valence-corrected chi connectivity index (χ3v) is 0.999. The van der Waals surface area contributed by atoms with Crippen LogP contribution in [-0.4, -0.2) is 12.5 Å². The van der Waals surface area contributed by atoms with E-state index in [2.05, 4.69) is 0 Å². The van der Waals surface area contributed by atoms with Gasteiger partial charge in [0.2, 0.25) is 0 Å². The number of carbonyl (C=O) groups excluding carboxylic acids is 1. The van der Waals surface area contributed by atoms with E-state index in [0.717, 1.165) is 6.08 Å². The van der Waals surface area contributed by atoms with Crippen molar-refractivity contribution in [1.29, 1.82) is 0 Å². The summed E-state index contributed by atoms with van der Waals surface area (Å²) in [5, 5.41) is 1.56. The second kappa shape index (κ2) is 5.56. The molecule has 0 aliphatic carbocycles. The summed E-state index contributed by atoms with van der Waals surface area (Å²) in [4.78, 5) is 9.62. The van der Waals surface area contributed by atoms with Crippen LogP contribution < -0.4 is 0 Å². The number of rotatable bonds is 3. The van der Waals surface area contributed by atoms with Crippen LogP contribution in [0.1, 0.15) is 0 Å². The van der Waals surface area contributed by atoms with E-state index in [1.165, 1.54) is 17.8 Å². The molecule has 3 heteroatoms. The van der Waals surface area contributed by atoms with Crippen molar-refractivity contribution in [2.24, 2.45) is 0 Å². The second-order valence-electron chi connectivity index (χ2n) is 1.23. The summed E-state index contributed by atoms with van der Waals surface area (Å²) in [5.41, 5.74) is 0. The SMILES string of the molecule is CS/C=C\C(F)=C\C=O. The third-order valence-electron chi connectivity index (χ3n) is 0.591. The molecule has 0 amide bonds. The average Bonchev–Trinajstić information content (AvgIpc) is 1.85. The third kappa shape index (κ3) is 5.30. The summed E-state index contributed by atoms with van der Waals surface area (Å²) in [6.07, 6.45) is 4.33. The lowest BCUT2D eigenvalue weighted by Gasteiger charge is -1.79. The summed E-state index contributed by atoms with van der Waals surface area (Å²) in [6.45, 7) is 0. The topological polar surface area (TPSA) is 17.1 Å². The van der Waals surface area contributed by atoms with E-state index < -0.39 is 5.83 Å². The van der Waals surface area contributed by atoms with E-state index in [1.807, 2.05) is 6.26 Å². The van der Waals surface area contributed by atoms with Gasteiger partial charge in [-0.05, 0) is 17.7 Å². The number of hydrogen-bond acceptors (Lipinski definition) is 2. The summed E-state index contributed by atoms with van der Waals surface area (Å²) >= 11 is 1.38. The molecule has 0 rings (SSSR count). The Morgan fingerprint density at radius 2 is 2.33 bits per heavy atom. The first-order valence-corrected chi connectivity index (χ1v) is 3.60. The van der Waals surface area contributed by atoms with Gasteiger partial charge in [-0.2, -0.15) is 0 Å². The standard InChI is InChI=1S/C6H7FOS/c1-9-5-3-6(7)2-4-8/h2-5H,1H3/b5-3-,6-2-. The Hall–Kier alpha value is -0.570. The Labute approximate surface area is 57.6 Å². The Kier molecular flexibility index (Phi) is 5.21. The number of hydrogen-bond donors (Lipinski definition) is 0. The molecule has 0 radical (unpaired) electrons. The Bertz CT molecular complexity index is 140. The molecular formula is C6H7FOS. The van der Waals surface area contributed by atoms with E-state index in [-0.39, 0.29) is 0 Å². The molecule has 0 aliphatic rings. The summed E-state index contributed by atoms with van der Waals surface area (Å²) in [5.74, 6) is -0.514. The Morgan fingerprint density at radius 3 is 2.78 bits per heavy atom. The van der Waals surface area contributed by atoms with E-state index in [9.17, 15) is 9.18 Å². The van der Waals surface area contributed by atoms with Crippen LogP contribution in [0.2, 0.25) is 0 Å². The predicted octanol–water partition coefficient (Wildman–Crippen LogP) is 1.92. The molecule has 0 aliphatic heterocycles. The van der Waals surface area contributed by atoms with Crippen LogP contribution in [0.5, 0.6) is 0 Å². The van der Waals surface area contributed by atoms with Gasteiger partial charge < -0.3 is 0 Å². The van der Waals surface area contributed by atoms with Gasteiger partial charge in [-0.25, -0.2) is 4.39 Å². The maximum absolute atomic E-state index is 12.1. The van der Waals surface area contributed by atoms with Crippen LogP contribution in [0.4, 0.5) is 4.39 Å². The minimum absolute atomic E-state index is 0.417. The van der Waals surface area contributed by atoms with Gasteiger partial charge in [0.05, 0.1) is 0 Å². The first kappa shape index (κ1) is 8.43. The van der Waals surface area contributed by atoms with Crippen molar-refractivity contribution in [2.75, 3.05) is 6.26 Å². The fourth-order valence-electron chi connectivity index (χ4n) is 0.254. The van der Waals surface area contributed by atoms with Gasteiger partial charge in [-0.15, -0.1) is 11.8 Å². The molecule has 0 saturated carbocycles. The summed E-state index contributed by atoms with van der Waals surface area (Å²) < 4.78 is 12.1. The first-order valence-electron chi connectivity index (χ1n) is 2.31. The number of aldehydes is 1. The van der Waals surface area contributed by atoms with Crippen molar-refractivity contribution in [1.82, 2.24) is 0 Å². The number of halogens is 1. The molecule has 0 unspecified atom stereocenters. The molecule has 0 bridgehead atoms. The maximum Gasteiger partial charge on any atom is 0.145 e. The van der Waals surface area contributed by atoms with Gasteiger partial charge >= 0.3 is 0 Å². The van der Waals surface area contributed by atoms with Crippen molar-refractivity contribution in [3.05, 3.63) is 23.4 Å². The van der Waals surface area contributed by atoms with Crippen molar-refractivity contribution in [3.63, 3.8) is 0 Å². The highest BCUT2D eigenvalue weighted by atomic mass is 32.2. The van der Waals surface area contributed by atoms with Crippen molar-refractivity contribution < 1.29 is 9.18 Å². The van der Waals surface area contributed by atoms with E-state index >= 15 is 0 Å². The van der Waals surface area contributed by atoms with Gasteiger partial charge in [0.15, 0.2) is 0 Å². The first-order chi connectivity index (χ1) is 4.31. The van der Waals surface area contributed by atoms with Crippen LogP contribution in [0.25, 0.3) is 0 Å². The summed E-state index contributed by atoms with van der Waals surface area (Å²) in [7, 11) is 0. The maximum atomic E-state index is 12.1. The lowest BCUT2D eigenvalue weighted by molar-refractivity contribution is -0.104. The van der Waals surface area contributed by atoms with Gasteiger partial charge in [0.25, 0.3) is 0 Å². The highest BCUT2D eigenvalue weighted by Gasteiger charge is 1.81. The minimum atomic E-state index is -0.514. The molecule has 0 aromatic heterocycles. The van der Waals surface area contributed by atoms with Gasteiger partial charge in [-0.3, -0.25) is 4.79 Å². The highest BCUT2D eigenvalue weighted by Crippen LogP contribution is 2.01. The van der Waals surface area contributed by atoms with Crippen LogP contribution in [0, 0.1) is 0 Å². The zero-order chi connectivity index (χ0) is 7.11. The van der Waals surface area contributed by atoms with Crippen LogP contribution >= 0.6 is 11.8 Å². The molecule has 0 N–H and O–H groups in total. The highest BCUT2D eigenvalue weighted by molar-refractivity contribution is 8.01. The molecule has 50 valence electrons. The zero-order valence-electron chi connectivity index (χ0n) is 5.00. The molecule has 0 fully saturated rings. The Morgan fingerprint density at radius 1 is 1.67 bits per heavy atom. The molecule has 1 nitrogen and oxygen atoms in total. The fraction of sp³-hybridized carbons (Fsp3) is 0.167. The van der Waals surface area contributed by atoms with E-state index in [4.69, 9.17) is 0 Å². The molecule has 9 heavy (non-hydrogen) atoms. The second-order valence-corrected chi connectivity index (χ2v) is 1.97. The molecule has 0 aromatic carbocycles. The lowest BCUT2D eigenvalue weighted by atomic mass is 10.5. The molecule has 0 aromatic rings. The zero-order valence-corrected chi connectivity index (χ0v) is 5.82. The lowest BCUT2D eigenvalue weighted by Crippen LogP contribution is -1.65. The minimum Gasteiger partial charge on any atom is -0.298 e. The van der Waals surface area contributed by atoms with Crippen LogP contribution in [0.15, 0.2) is 23.4 Å². The van der Waals surface area contributed by atoms with Crippen molar-refractivity contribution in [3.8, 4) is 0 Å². The fourth-order valence-corrected chi connectivity index (χ4v) is 0.520. The van der Waals surface area contributed by atoms with Crippen LogP contribution in [-0.2, 0) is 4.79 Å². The average molecular weight is 146 g/mol. The number of carbonyl (C=O) groups is 1. The van der Waals surface area contributed by atoms with Gasteiger partial charge in [-0.1, -0.05) is 0 Å². The molecule has 0 atom stereocenters. The van der Waals surface area contributed by atoms with Crippen LogP contribution in [0.3, 0.4) is 0 Å². The largest absolute Gasteiger partial charge is 0.298 e. The van der Waals surface area contributed by atoms with Crippen molar-refractivity contribution in [2.45, 2.75) is 0 Å².